The maximum absolute atomic E-state index is 13.0. The number of ether oxygens (including phenoxy) is 4. The van der Waals surface area contributed by atoms with E-state index in [9.17, 15) is 43.2 Å². The smallest absolute Gasteiger partial charge is 0.462 e. The molecule has 0 aromatic rings. The number of phosphoric acid groups is 2. The molecule has 17 nitrogen and oxygen atoms in total. The largest absolute Gasteiger partial charge is 0.472 e. The number of aliphatic hydroxyl groups is 1. The number of esters is 4. The molecule has 0 aliphatic heterocycles. The van der Waals surface area contributed by atoms with Crippen LogP contribution in [0.3, 0.4) is 0 Å². The number of aliphatic hydroxyl groups excluding tert-OH is 1. The molecule has 0 amide bonds. The van der Waals surface area contributed by atoms with Crippen molar-refractivity contribution < 1.29 is 80.2 Å². The molecule has 0 saturated carbocycles. The average molecular weight is 1330 g/mol. The Kier molecular flexibility index (Phi) is 60.6. The second-order valence-corrected chi connectivity index (χ2v) is 30.0. The summed E-state index contributed by atoms with van der Waals surface area (Å²) >= 11 is 0. The highest BCUT2D eigenvalue weighted by atomic mass is 31.2. The zero-order valence-corrected chi connectivity index (χ0v) is 60.4. The fourth-order valence-corrected chi connectivity index (χ4v) is 12.3. The normalized spacial score (nSPS) is 14.2. The topological polar surface area (TPSA) is 237 Å². The van der Waals surface area contributed by atoms with E-state index in [2.05, 4.69) is 48.5 Å². The highest BCUT2D eigenvalue weighted by molar-refractivity contribution is 7.47. The van der Waals surface area contributed by atoms with E-state index in [0.29, 0.717) is 25.7 Å². The van der Waals surface area contributed by atoms with Gasteiger partial charge in [0.25, 0.3) is 0 Å². The molecule has 5 atom stereocenters. The monoisotopic (exact) mass is 1320 g/mol. The van der Waals surface area contributed by atoms with Crippen LogP contribution in [0.1, 0.15) is 357 Å². The standard InChI is InChI=1S/C71H138O17P2/c1-8-9-10-11-28-38-45-52-68(73)81-58-66(88-71(76)55-48-41-34-27-26-31-37-44-51-64(6)7)60-85-89(77,78)83-56-65(72)57-84-90(79,80)86-61-67(87-70(75)54-47-40-33-25-21-17-13-15-19-23-30-36-43-50-63(4)5)59-82-69(74)53-46-39-32-24-20-16-12-14-18-22-29-35-42-49-62(2)3/h62-67,72H,8-61H2,1-7H3,(H,77,78)(H,79,80)/t65-,66+,67+/m0/s1. The van der Waals surface area contributed by atoms with Crippen molar-refractivity contribution in [3.63, 3.8) is 0 Å². The molecular weight excluding hydrogens is 1190 g/mol. The Hall–Kier alpha value is -1.94. The minimum Gasteiger partial charge on any atom is -0.462 e. The molecule has 0 saturated heterocycles. The van der Waals surface area contributed by atoms with Crippen LogP contribution in [0.2, 0.25) is 0 Å². The fraction of sp³-hybridized carbons (Fsp3) is 0.944. The lowest BCUT2D eigenvalue weighted by atomic mass is 10.0. The first-order valence-corrected chi connectivity index (χ1v) is 39.8. The summed E-state index contributed by atoms with van der Waals surface area (Å²) in [4.78, 5) is 72.4. The lowest BCUT2D eigenvalue weighted by molar-refractivity contribution is -0.161. The van der Waals surface area contributed by atoms with E-state index >= 15 is 0 Å². The van der Waals surface area contributed by atoms with Gasteiger partial charge in [-0.25, -0.2) is 9.13 Å². The van der Waals surface area contributed by atoms with Crippen molar-refractivity contribution in [2.45, 2.75) is 375 Å². The van der Waals surface area contributed by atoms with Crippen LogP contribution in [0.5, 0.6) is 0 Å². The van der Waals surface area contributed by atoms with Crippen molar-refractivity contribution in [3.8, 4) is 0 Å². The molecule has 0 fully saturated rings. The number of carbonyl (C=O) groups excluding carboxylic acids is 4. The van der Waals surface area contributed by atoms with Crippen LogP contribution in [0.4, 0.5) is 0 Å². The molecule has 0 radical (unpaired) electrons. The lowest BCUT2D eigenvalue weighted by Crippen LogP contribution is -2.30. The Balaban J connectivity index is 5.21. The first-order chi connectivity index (χ1) is 43.2. The zero-order valence-electron chi connectivity index (χ0n) is 58.6. The highest BCUT2D eigenvalue weighted by Gasteiger charge is 2.30. The Bertz CT molecular complexity index is 1770. The van der Waals surface area contributed by atoms with E-state index < -0.39 is 97.5 Å². The Morgan fingerprint density at radius 1 is 0.300 bits per heavy atom. The molecule has 0 aliphatic rings. The SMILES string of the molecule is CCCCCCCCCC(=O)OC[C@H](COP(=O)(O)OC[C@H](O)COP(=O)(O)OC[C@@H](COC(=O)CCCCCCCCCCCCCCCC(C)C)OC(=O)CCCCCCCCCCCCCCCC(C)C)OC(=O)CCCCCCCCCCC(C)C. The molecule has 534 valence electrons. The third-order valence-electron chi connectivity index (χ3n) is 16.4. The molecule has 0 heterocycles. The summed E-state index contributed by atoms with van der Waals surface area (Å²) < 4.78 is 68.2. The van der Waals surface area contributed by atoms with E-state index in [0.717, 1.165) is 120 Å². The van der Waals surface area contributed by atoms with Gasteiger partial charge in [-0.15, -0.1) is 0 Å². The molecule has 3 N–H and O–H groups in total. The van der Waals surface area contributed by atoms with Crippen LogP contribution in [-0.4, -0.2) is 96.7 Å². The van der Waals surface area contributed by atoms with Gasteiger partial charge in [0.15, 0.2) is 12.2 Å². The zero-order chi connectivity index (χ0) is 66.6. The third kappa shape index (κ3) is 64.8. The number of rotatable bonds is 69. The van der Waals surface area contributed by atoms with E-state index in [1.807, 2.05) is 0 Å². The van der Waals surface area contributed by atoms with E-state index in [-0.39, 0.29) is 25.7 Å². The first kappa shape index (κ1) is 88.1. The van der Waals surface area contributed by atoms with Crippen molar-refractivity contribution in [1.82, 2.24) is 0 Å². The van der Waals surface area contributed by atoms with Gasteiger partial charge in [0.2, 0.25) is 0 Å². The highest BCUT2D eigenvalue weighted by Crippen LogP contribution is 2.45. The maximum atomic E-state index is 13.0. The quantitative estimate of drug-likeness (QED) is 0.0222. The molecule has 0 rings (SSSR count). The maximum Gasteiger partial charge on any atom is 0.472 e. The van der Waals surface area contributed by atoms with Crippen molar-refractivity contribution in [3.05, 3.63) is 0 Å². The summed E-state index contributed by atoms with van der Waals surface area (Å²) in [6, 6.07) is 0. The molecule has 0 aromatic carbocycles. The molecule has 90 heavy (non-hydrogen) atoms. The first-order valence-electron chi connectivity index (χ1n) is 36.8. The van der Waals surface area contributed by atoms with Gasteiger partial charge in [0, 0.05) is 25.7 Å². The van der Waals surface area contributed by atoms with Crippen LogP contribution in [0.25, 0.3) is 0 Å². The van der Waals surface area contributed by atoms with Gasteiger partial charge in [-0.05, 0) is 43.4 Å². The molecule has 0 aromatic heterocycles. The van der Waals surface area contributed by atoms with Gasteiger partial charge in [-0.1, -0.05) is 305 Å². The summed E-state index contributed by atoms with van der Waals surface area (Å²) in [5.41, 5.74) is 0. The Labute approximate surface area is 549 Å². The number of unbranched alkanes of at least 4 members (excludes halogenated alkanes) is 37. The predicted octanol–water partition coefficient (Wildman–Crippen LogP) is 20.2. The van der Waals surface area contributed by atoms with Crippen molar-refractivity contribution in [2.75, 3.05) is 39.6 Å². The predicted molar refractivity (Wildman–Crippen MR) is 363 cm³/mol. The van der Waals surface area contributed by atoms with Crippen LogP contribution >= 0.6 is 15.6 Å². The van der Waals surface area contributed by atoms with Crippen LogP contribution in [0.15, 0.2) is 0 Å². The van der Waals surface area contributed by atoms with Gasteiger partial charge >= 0.3 is 39.5 Å². The fourth-order valence-electron chi connectivity index (χ4n) is 10.7. The van der Waals surface area contributed by atoms with Gasteiger partial charge < -0.3 is 33.8 Å². The number of carbonyl (C=O) groups is 4. The van der Waals surface area contributed by atoms with Gasteiger partial charge in [0.1, 0.15) is 19.3 Å². The molecule has 19 heteroatoms. The molecule has 0 aliphatic carbocycles. The Morgan fingerprint density at radius 3 is 0.756 bits per heavy atom. The number of hydrogen-bond donors (Lipinski definition) is 3. The summed E-state index contributed by atoms with van der Waals surface area (Å²) in [5.74, 6) is 0.166. The molecule has 0 bridgehead atoms. The molecule has 0 spiro atoms. The lowest BCUT2D eigenvalue weighted by Gasteiger charge is -2.21. The van der Waals surface area contributed by atoms with Gasteiger partial charge in [-0.2, -0.15) is 0 Å². The molecular formula is C71H138O17P2. The number of hydrogen-bond acceptors (Lipinski definition) is 15. The molecule has 2 unspecified atom stereocenters. The van der Waals surface area contributed by atoms with Crippen molar-refractivity contribution in [1.29, 1.82) is 0 Å². The second-order valence-electron chi connectivity index (χ2n) is 27.1. The van der Waals surface area contributed by atoms with Crippen LogP contribution < -0.4 is 0 Å². The van der Waals surface area contributed by atoms with Crippen LogP contribution in [0, 0.1) is 17.8 Å². The number of phosphoric ester groups is 2. The summed E-state index contributed by atoms with van der Waals surface area (Å²) in [5, 5.41) is 10.6. The van der Waals surface area contributed by atoms with E-state index in [1.54, 1.807) is 0 Å². The van der Waals surface area contributed by atoms with Crippen molar-refractivity contribution in [2.24, 2.45) is 17.8 Å². The summed E-state index contributed by atoms with van der Waals surface area (Å²) in [6.07, 6.45) is 46.0. The summed E-state index contributed by atoms with van der Waals surface area (Å²) in [6.45, 7) is 11.8. The minimum absolute atomic E-state index is 0.104. The summed E-state index contributed by atoms with van der Waals surface area (Å²) in [7, 11) is -9.90. The van der Waals surface area contributed by atoms with E-state index in [1.165, 1.54) is 154 Å². The van der Waals surface area contributed by atoms with Crippen molar-refractivity contribution >= 4 is 39.5 Å². The Morgan fingerprint density at radius 2 is 0.511 bits per heavy atom. The third-order valence-corrected chi connectivity index (χ3v) is 18.3. The second kappa shape index (κ2) is 61.9. The van der Waals surface area contributed by atoms with Gasteiger partial charge in [0.05, 0.1) is 26.4 Å². The average Bonchev–Trinajstić information content (AvgIpc) is 3.68. The van der Waals surface area contributed by atoms with E-state index in [4.69, 9.17) is 37.0 Å². The minimum atomic E-state index is -4.95. The van der Waals surface area contributed by atoms with Gasteiger partial charge in [-0.3, -0.25) is 37.3 Å². The van der Waals surface area contributed by atoms with Crippen LogP contribution in [-0.2, 0) is 65.4 Å².